The lowest BCUT2D eigenvalue weighted by molar-refractivity contribution is -0.123. The summed E-state index contributed by atoms with van der Waals surface area (Å²) in [7, 11) is 4.16. The van der Waals surface area contributed by atoms with Gasteiger partial charge in [0.15, 0.2) is 0 Å². The molecule has 4 heteroatoms. The predicted octanol–water partition coefficient (Wildman–Crippen LogP) is 0.714. The zero-order valence-corrected chi connectivity index (χ0v) is 10.8. The van der Waals surface area contributed by atoms with E-state index >= 15 is 0 Å². The first-order valence-electron chi connectivity index (χ1n) is 6.22. The number of carbonyl (C=O) groups is 1. The molecule has 0 bridgehead atoms. The van der Waals surface area contributed by atoms with Crippen LogP contribution in [0.15, 0.2) is 0 Å². The summed E-state index contributed by atoms with van der Waals surface area (Å²) in [5, 5.41) is 2.99. The van der Waals surface area contributed by atoms with Gasteiger partial charge in [0, 0.05) is 12.1 Å². The van der Waals surface area contributed by atoms with Crippen LogP contribution in [0.1, 0.15) is 39.0 Å². The van der Waals surface area contributed by atoms with Crippen molar-refractivity contribution in [1.82, 2.24) is 10.2 Å². The highest BCUT2D eigenvalue weighted by Gasteiger charge is 2.39. The SMILES string of the molecule is CCC[C@@H](N)C(=O)NCC1(N(C)C)CCC1. The molecular formula is C12H25N3O. The highest BCUT2D eigenvalue weighted by atomic mass is 16.2. The third-order valence-corrected chi connectivity index (χ3v) is 3.76. The quantitative estimate of drug-likeness (QED) is 0.703. The van der Waals surface area contributed by atoms with Crippen molar-refractivity contribution in [3.8, 4) is 0 Å². The molecule has 1 atom stereocenters. The highest BCUT2D eigenvalue weighted by Crippen LogP contribution is 2.35. The second kappa shape index (κ2) is 5.64. The molecule has 1 aliphatic rings. The zero-order valence-electron chi connectivity index (χ0n) is 10.8. The van der Waals surface area contributed by atoms with Crippen LogP contribution in [0.5, 0.6) is 0 Å². The molecule has 3 N–H and O–H groups in total. The highest BCUT2D eigenvalue weighted by molar-refractivity contribution is 5.81. The number of hydrogen-bond acceptors (Lipinski definition) is 3. The van der Waals surface area contributed by atoms with E-state index in [1.54, 1.807) is 0 Å². The first kappa shape index (κ1) is 13.5. The van der Waals surface area contributed by atoms with E-state index in [9.17, 15) is 4.79 Å². The van der Waals surface area contributed by atoms with Crippen LogP contribution in [0.25, 0.3) is 0 Å². The smallest absolute Gasteiger partial charge is 0.236 e. The van der Waals surface area contributed by atoms with Crippen molar-refractivity contribution in [2.24, 2.45) is 5.73 Å². The summed E-state index contributed by atoms with van der Waals surface area (Å²) >= 11 is 0. The number of nitrogens with zero attached hydrogens (tertiary/aromatic N) is 1. The van der Waals surface area contributed by atoms with Gasteiger partial charge < -0.3 is 16.0 Å². The van der Waals surface area contributed by atoms with Gasteiger partial charge in [0.2, 0.25) is 5.91 Å². The Kier molecular flexibility index (Phi) is 4.74. The number of nitrogens with one attached hydrogen (secondary N) is 1. The molecule has 1 saturated carbocycles. The minimum Gasteiger partial charge on any atom is -0.353 e. The summed E-state index contributed by atoms with van der Waals surface area (Å²) in [5.41, 5.74) is 5.95. The van der Waals surface area contributed by atoms with Crippen molar-refractivity contribution in [1.29, 1.82) is 0 Å². The zero-order chi connectivity index (χ0) is 12.2. The van der Waals surface area contributed by atoms with Crippen LogP contribution in [0.3, 0.4) is 0 Å². The number of carbonyl (C=O) groups excluding carboxylic acids is 1. The predicted molar refractivity (Wildman–Crippen MR) is 66.2 cm³/mol. The average molecular weight is 227 g/mol. The van der Waals surface area contributed by atoms with Gasteiger partial charge >= 0.3 is 0 Å². The van der Waals surface area contributed by atoms with Gasteiger partial charge in [0.1, 0.15) is 0 Å². The first-order chi connectivity index (χ1) is 7.52. The van der Waals surface area contributed by atoms with E-state index in [2.05, 4.69) is 24.3 Å². The molecule has 0 spiro atoms. The number of amides is 1. The molecule has 0 aromatic carbocycles. The molecule has 1 rings (SSSR count). The molecule has 0 unspecified atom stereocenters. The fourth-order valence-electron chi connectivity index (χ4n) is 2.19. The molecule has 1 aliphatic carbocycles. The molecule has 4 nitrogen and oxygen atoms in total. The largest absolute Gasteiger partial charge is 0.353 e. The minimum atomic E-state index is -0.343. The molecule has 1 fully saturated rings. The molecule has 0 heterocycles. The first-order valence-corrected chi connectivity index (χ1v) is 6.22. The number of likely N-dealkylation sites (N-methyl/N-ethyl adjacent to an activating group) is 1. The summed E-state index contributed by atoms with van der Waals surface area (Å²) in [6.07, 6.45) is 5.32. The second-order valence-electron chi connectivity index (χ2n) is 5.09. The number of rotatable bonds is 6. The standard InChI is InChI=1S/C12H25N3O/c1-4-6-10(13)11(16)14-9-12(15(2)3)7-5-8-12/h10H,4-9,13H2,1-3H3,(H,14,16)/t10-/m1/s1. The lowest BCUT2D eigenvalue weighted by Crippen LogP contribution is -2.58. The van der Waals surface area contributed by atoms with E-state index in [1.165, 1.54) is 19.3 Å². The van der Waals surface area contributed by atoms with Crippen LogP contribution in [0, 0.1) is 0 Å². The normalized spacial score (nSPS) is 20.3. The Morgan fingerprint density at radius 1 is 1.50 bits per heavy atom. The van der Waals surface area contributed by atoms with Crippen molar-refractivity contribution in [2.75, 3.05) is 20.6 Å². The van der Waals surface area contributed by atoms with Gasteiger partial charge in [-0.1, -0.05) is 13.3 Å². The van der Waals surface area contributed by atoms with Crippen LogP contribution < -0.4 is 11.1 Å². The monoisotopic (exact) mass is 227 g/mol. The lowest BCUT2D eigenvalue weighted by atomic mass is 9.75. The maximum Gasteiger partial charge on any atom is 0.236 e. The van der Waals surface area contributed by atoms with E-state index in [4.69, 9.17) is 5.73 Å². The molecule has 0 aromatic rings. The van der Waals surface area contributed by atoms with Crippen LogP contribution >= 0.6 is 0 Å². The van der Waals surface area contributed by atoms with E-state index in [0.717, 1.165) is 19.4 Å². The Morgan fingerprint density at radius 2 is 2.12 bits per heavy atom. The molecule has 0 saturated heterocycles. The van der Waals surface area contributed by atoms with E-state index in [0.29, 0.717) is 0 Å². The maximum atomic E-state index is 11.7. The van der Waals surface area contributed by atoms with E-state index < -0.39 is 0 Å². The summed E-state index contributed by atoms with van der Waals surface area (Å²) in [6, 6.07) is -0.343. The average Bonchev–Trinajstić information content (AvgIpc) is 2.15. The molecule has 0 aromatic heterocycles. The second-order valence-corrected chi connectivity index (χ2v) is 5.09. The third kappa shape index (κ3) is 2.95. The van der Waals surface area contributed by atoms with Gasteiger partial charge in [0.05, 0.1) is 6.04 Å². The summed E-state index contributed by atoms with van der Waals surface area (Å²) in [4.78, 5) is 13.9. The van der Waals surface area contributed by atoms with Gasteiger partial charge in [-0.05, 0) is 39.8 Å². The van der Waals surface area contributed by atoms with Crippen LogP contribution in [-0.2, 0) is 4.79 Å². The van der Waals surface area contributed by atoms with Crippen LogP contribution in [0.4, 0.5) is 0 Å². The number of hydrogen-bond donors (Lipinski definition) is 2. The third-order valence-electron chi connectivity index (χ3n) is 3.76. The molecule has 94 valence electrons. The van der Waals surface area contributed by atoms with Gasteiger partial charge in [-0.2, -0.15) is 0 Å². The molecule has 1 amide bonds. The van der Waals surface area contributed by atoms with Crippen LogP contribution in [0.2, 0.25) is 0 Å². The Balaban J connectivity index is 2.35. The minimum absolute atomic E-state index is 0.00465. The van der Waals surface area contributed by atoms with Crippen molar-refractivity contribution in [3.63, 3.8) is 0 Å². The fourth-order valence-corrected chi connectivity index (χ4v) is 2.19. The molecule has 0 aliphatic heterocycles. The Labute approximate surface area is 98.6 Å². The molecular weight excluding hydrogens is 202 g/mol. The number of nitrogens with two attached hydrogens (primary N) is 1. The van der Waals surface area contributed by atoms with Gasteiger partial charge in [-0.3, -0.25) is 4.79 Å². The molecule has 0 radical (unpaired) electrons. The summed E-state index contributed by atoms with van der Waals surface area (Å²) in [6.45, 7) is 2.77. The summed E-state index contributed by atoms with van der Waals surface area (Å²) < 4.78 is 0. The van der Waals surface area contributed by atoms with Gasteiger partial charge in [-0.15, -0.1) is 0 Å². The summed E-state index contributed by atoms with van der Waals surface area (Å²) in [5.74, 6) is -0.00465. The van der Waals surface area contributed by atoms with E-state index in [1.807, 2.05) is 6.92 Å². The van der Waals surface area contributed by atoms with Gasteiger partial charge in [0.25, 0.3) is 0 Å². The van der Waals surface area contributed by atoms with Crippen molar-refractivity contribution < 1.29 is 4.79 Å². The lowest BCUT2D eigenvalue weighted by Gasteiger charge is -2.47. The van der Waals surface area contributed by atoms with E-state index in [-0.39, 0.29) is 17.5 Å². The Bertz CT molecular complexity index is 236. The Hall–Kier alpha value is -0.610. The van der Waals surface area contributed by atoms with Crippen LogP contribution in [-0.4, -0.2) is 43.0 Å². The van der Waals surface area contributed by atoms with Gasteiger partial charge in [-0.25, -0.2) is 0 Å². The Morgan fingerprint density at radius 3 is 2.50 bits per heavy atom. The topological polar surface area (TPSA) is 58.4 Å². The van der Waals surface area contributed by atoms with Crippen molar-refractivity contribution >= 4 is 5.91 Å². The maximum absolute atomic E-state index is 11.7. The molecule has 16 heavy (non-hydrogen) atoms. The van der Waals surface area contributed by atoms with Crippen molar-refractivity contribution in [3.05, 3.63) is 0 Å². The fraction of sp³-hybridized carbons (Fsp3) is 0.917. The van der Waals surface area contributed by atoms with Crippen molar-refractivity contribution in [2.45, 2.75) is 50.6 Å².